The first-order valence-corrected chi connectivity index (χ1v) is 12.0. The third-order valence-electron chi connectivity index (χ3n) is 5.75. The standard InChI is InChI=1S/C23H26ClN3O3S/c1-16-7-9-18(10-8-16)14-30-15-21-19-13-27(12-11-22(19)26(3)25-21)31(28,29)23-6-4-5-20(24)17(23)2/h4-10H,11-15H2,1-3H3. The van der Waals surface area contributed by atoms with Crippen molar-refractivity contribution in [3.05, 3.63) is 81.1 Å². The van der Waals surface area contributed by atoms with Crippen molar-refractivity contribution in [2.24, 2.45) is 7.05 Å². The van der Waals surface area contributed by atoms with E-state index in [9.17, 15) is 8.42 Å². The Morgan fingerprint density at radius 1 is 1.10 bits per heavy atom. The fraction of sp³-hybridized carbons (Fsp3) is 0.348. The van der Waals surface area contributed by atoms with Crippen molar-refractivity contribution >= 4 is 21.6 Å². The van der Waals surface area contributed by atoms with E-state index in [0.29, 0.717) is 36.8 Å². The van der Waals surface area contributed by atoms with Gasteiger partial charge in [0.25, 0.3) is 0 Å². The minimum Gasteiger partial charge on any atom is -0.370 e. The van der Waals surface area contributed by atoms with Crippen LogP contribution in [0.4, 0.5) is 0 Å². The van der Waals surface area contributed by atoms with E-state index in [1.165, 1.54) is 9.87 Å². The normalized spacial score (nSPS) is 14.6. The molecule has 1 aliphatic rings. The van der Waals surface area contributed by atoms with Crippen molar-refractivity contribution in [3.63, 3.8) is 0 Å². The molecule has 0 atom stereocenters. The van der Waals surface area contributed by atoms with Crippen LogP contribution >= 0.6 is 11.6 Å². The molecule has 0 aliphatic carbocycles. The Kier molecular flexibility index (Phi) is 6.21. The molecule has 0 amide bonds. The summed E-state index contributed by atoms with van der Waals surface area (Å²) < 4.78 is 35.9. The molecule has 0 radical (unpaired) electrons. The van der Waals surface area contributed by atoms with Gasteiger partial charge >= 0.3 is 0 Å². The first kappa shape index (κ1) is 22.0. The summed E-state index contributed by atoms with van der Waals surface area (Å²) in [6.07, 6.45) is 0.607. The fourth-order valence-corrected chi connectivity index (χ4v) is 5.81. The predicted octanol–water partition coefficient (Wildman–Crippen LogP) is 4.15. The molecule has 4 rings (SSSR count). The second kappa shape index (κ2) is 8.74. The summed E-state index contributed by atoms with van der Waals surface area (Å²) in [7, 11) is -1.77. The highest BCUT2D eigenvalue weighted by molar-refractivity contribution is 7.89. The fourth-order valence-electron chi connectivity index (χ4n) is 3.92. The number of fused-ring (bicyclic) bond motifs is 1. The summed E-state index contributed by atoms with van der Waals surface area (Å²) in [6, 6.07) is 13.2. The molecule has 0 bridgehead atoms. The molecule has 0 spiro atoms. The molecule has 6 nitrogen and oxygen atoms in total. The minimum absolute atomic E-state index is 0.254. The summed E-state index contributed by atoms with van der Waals surface area (Å²) in [4.78, 5) is 0.254. The average Bonchev–Trinajstić information content (AvgIpc) is 3.06. The smallest absolute Gasteiger partial charge is 0.243 e. The van der Waals surface area contributed by atoms with Gasteiger partial charge in [-0.25, -0.2) is 8.42 Å². The van der Waals surface area contributed by atoms with Crippen LogP contribution in [-0.2, 0) is 48.0 Å². The summed E-state index contributed by atoms with van der Waals surface area (Å²) >= 11 is 6.17. The number of hydrogen-bond donors (Lipinski definition) is 0. The van der Waals surface area contributed by atoms with Gasteiger partial charge in [0, 0.05) is 42.8 Å². The SMILES string of the molecule is Cc1ccc(COCc2nn(C)c3c2CN(S(=O)(=O)c2cccc(Cl)c2C)CC3)cc1. The summed E-state index contributed by atoms with van der Waals surface area (Å²) in [5, 5.41) is 5.06. The van der Waals surface area contributed by atoms with Crippen molar-refractivity contribution in [2.75, 3.05) is 6.54 Å². The van der Waals surface area contributed by atoms with Gasteiger partial charge in [-0.2, -0.15) is 9.40 Å². The zero-order chi connectivity index (χ0) is 22.2. The first-order valence-electron chi connectivity index (χ1n) is 10.2. The highest BCUT2D eigenvalue weighted by Crippen LogP contribution is 2.30. The monoisotopic (exact) mass is 459 g/mol. The molecule has 0 fully saturated rings. The van der Waals surface area contributed by atoms with E-state index < -0.39 is 10.0 Å². The first-order chi connectivity index (χ1) is 14.8. The van der Waals surface area contributed by atoms with Crippen LogP contribution in [0.25, 0.3) is 0 Å². The maximum Gasteiger partial charge on any atom is 0.243 e. The molecule has 31 heavy (non-hydrogen) atoms. The van der Waals surface area contributed by atoms with Gasteiger partial charge < -0.3 is 4.74 Å². The van der Waals surface area contributed by atoms with Crippen molar-refractivity contribution < 1.29 is 13.2 Å². The largest absolute Gasteiger partial charge is 0.370 e. The molecule has 0 saturated carbocycles. The Hall–Kier alpha value is -2.19. The van der Waals surface area contributed by atoms with Crippen LogP contribution in [0.3, 0.4) is 0 Å². The lowest BCUT2D eigenvalue weighted by atomic mass is 10.1. The maximum absolute atomic E-state index is 13.3. The predicted molar refractivity (Wildman–Crippen MR) is 120 cm³/mol. The van der Waals surface area contributed by atoms with Gasteiger partial charge in [-0.1, -0.05) is 47.5 Å². The van der Waals surface area contributed by atoms with Gasteiger partial charge in [0.15, 0.2) is 0 Å². The number of hydrogen-bond acceptors (Lipinski definition) is 4. The lowest BCUT2D eigenvalue weighted by molar-refractivity contribution is 0.103. The Bertz CT molecular complexity index is 1200. The number of rotatable bonds is 6. The quantitative estimate of drug-likeness (QED) is 0.555. The number of benzene rings is 2. The van der Waals surface area contributed by atoms with Crippen molar-refractivity contribution in [1.82, 2.24) is 14.1 Å². The van der Waals surface area contributed by atoms with Crippen LogP contribution in [0.2, 0.25) is 5.02 Å². The molecule has 1 aromatic heterocycles. The van der Waals surface area contributed by atoms with E-state index in [0.717, 1.165) is 22.5 Å². The summed E-state index contributed by atoms with van der Waals surface area (Å²) in [6.45, 7) is 5.29. The highest BCUT2D eigenvalue weighted by atomic mass is 35.5. The second-order valence-corrected chi connectivity index (χ2v) is 10.2. The van der Waals surface area contributed by atoms with Crippen LogP contribution in [0.5, 0.6) is 0 Å². The van der Waals surface area contributed by atoms with E-state index in [-0.39, 0.29) is 11.4 Å². The van der Waals surface area contributed by atoms with Gasteiger partial charge in [-0.15, -0.1) is 0 Å². The summed E-state index contributed by atoms with van der Waals surface area (Å²) in [5.74, 6) is 0. The molecule has 1 aliphatic heterocycles. The Balaban J connectivity index is 1.53. The number of ether oxygens (including phenoxy) is 1. The molecular formula is C23H26ClN3O3S. The highest BCUT2D eigenvalue weighted by Gasteiger charge is 2.33. The van der Waals surface area contributed by atoms with Gasteiger partial charge in [0.1, 0.15) is 0 Å². The van der Waals surface area contributed by atoms with E-state index in [2.05, 4.69) is 24.2 Å². The van der Waals surface area contributed by atoms with Gasteiger partial charge in [-0.3, -0.25) is 4.68 Å². The molecule has 2 heterocycles. The van der Waals surface area contributed by atoms with Crippen LogP contribution in [-0.4, -0.2) is 29.0 Å². The third-order valence-corrected chi connectivity index (χ3v) is 8.15. The Morgan fingerprint density at radius 2 is 1.84 bits per heavy atom. The van der Waals surface area contributed by atoms with E-state index in [4.69, 9.17) is 16.3 Å². The van der Waals surface area contributed by atoms with Gasteiger partial charge in [0.2, 0.25) is 10.0 Å². The zero-order valence-electron chi connectivity index (χ0n) is 17.9. The number of sulfonamides is 1. The molecule has 2 aromatic carbocycles. The van der Waals surface area contributed by atoms with Crippen LogP contribution in [0.1, 0.15) is 33.6 Å². The van der Waals surface area contributed by atoms with Crippen LogP contribution in [0, 0.1) is 13.8 Å². The molecule has 0 saturated heterocycles. The molecular weight excluding hydrogens is 434 g/mol. The number of halogens is 1. The molecule has 0 unspecified atom stereocenters. The maximum atomic E-state index is 13.3. The Morgan fingerprint density at radius 3 is 2.58 bits per heavy atom. The minimum atomic E-state index is -3.66. The van der Waals surface area contributed by atoms with E-state index >= 15 is 0 Å². The summed E-state index contributed by atoms with van der Waals surface area (Å²) in [5.41, 5.74) is 5.65. The van der Waals surface area contributed by atoms with Gasteiger partial charge in [0.05, 0.1) is 23.8 Å². The molecule has 164 valence electrons. The second-order valence-electron chi connectivity index (χ2n) is 7.93. The zero-order valence-corrected chi connectivity index (χ0v) is 19.5. The third kappa shape index (κ3) is 4.41. The van der Waals surface area contributed by atoms with E-state index in [1.807, 2.05) is 23.9 Å². The van der Waals surface area contributed by atoms with Gasteiger partial charge in [-0.05, 0) is 37.1 Å². The lowest BCUT2D eigenvalue weighted by Gasteiger charge is -2.27. The van der Waals surface area contributed by atoms with Crippen molar-refractivity contribution in [1.29, 1.82) is 0 Å². The van der Waals surface area contributed by atoms with Crippen molar-refractivity contribution in [2.45, 2.75) is 44.9 Å². The number of aryl methyl sites for hydroxylation is 2. The molecule has 8 heteroatoms. The van der Waals surface area contributed by atoms with E-state index in [1.54, 1.807) is 25.1 Å². The Labute approximate surface area is 188 Å². The number of nitrogens with zero attached hydrogens (tertiary/aromatic N) is 3. The van der Waals surface area contributed by atoms with Crippen LogP contribution < -0.4 is 0 Å². The number of aromatic nitrogens is 2. The molecule has 0 N–H and O–H groups in total. The topological polar surface area (TPSA) is 64.4 Å². The van der Waals surface area contributed by atoms with Crippen LogP contribution in [0.15, 0.2) is 47.4 Å². The molecule has 3 aromatic rings. The van der Waals surface area contributed by atoms with Crippen molar-refractivity contribution in [3.8, 4) is 0 Å². The average molecular weight is 460 g/mol. The lowest BCUT2D eigenvalue weighted by Crippen LogP contribution is -2.36.